The fourth-order valence-corrected chi connectivity index (χ4v) is 4.99. The van der Waals surface area contributed by atoms with Crippen LogP contribution in [-0.4, -0.2) is 38.3 Å². The van der Waals surface area contributed by atoms with Gasteiger partial charge < -0.3 is 10.1 Å². The average Bonchev–Trinajstić information content (AvgIpc) is 2.71. The van der Waals surface area contributed by atoms with Crippen LogP contribution in [0.25, 0.3) is 0 Å². The lowest BCUT2D eigenvalue weighted by Gasteiger charge is -2.31. The van der Waals surface area contributed by atoms with Crippen LogP contribution in [0.5, 0.6) is 5.75 Å². The maximum absolute atomic E-state index is 13.1. The van der Waals surface area contributed by atoms with Gasteiger partial charge in [0.2, 0.25) is 15.9 Å². The molecule has 1 aliphatic rings. The second-order valence-electron chi connectivity index (χ2n) is 7.00. The lowest BCUT2D eigenvalue weighted by atomic mass is 9.98. The van der Waals surface area contributed by atoms with Gasteiger partial charge in [-0.05, 0) is 49.6 Å². The number of rotatable bonds is 7. The van der Waals surface area contributed by atoms with E-state index in [1.54, 1.807) is 18.2 Å². The Balaban J connectivity index is 1.66. The minimum atomic E-state index is -3.60. The molecule has 156 valence electrons. The standard InChI is InChI=1S/C21H25FN2O4S/c1-2-28-20-8-4-3-7-19(20)23-21(25)17-6-5-13-24(14-17)29(26,27)15-16-9-11-18(22)12-10-16/h3-4,7-12,17H,2,5-6,13-15H2,1H3,(H,23,25)/t17-/m0/s1. The number of anilines is 1. The number of piperidine rings is 1. The Hall–Kier alpha value is -2.45. The van der Waals surface area contributed by atoms with Gasteiger partial charge in [-0.3, -0.25) is 4.79 Å². The van der Waals surface area contributed by atoms with Gasteiger partial charge in [0.05, 0.1) is 24.0 Å². The Morgan fingerprint density at radius 1 is 1.21 bits per heavy atom. The van der Waals surface area contributed by atoms with Gasteiger partial charge in [0.25, 0.3) is 0 Å². The van der Waals surface area contributed by atoms with E-state index in [9.17, 15) is 17.6 Å². The summed E-state index contributed by atoms with van der Waals surface area (Å²) < 4.78 is 45.5. The molecule has 0 spiro atoms. The zero-order valence-electron chi connectivity index (χ0n) is 16.3. The highest BCUT2D eigenvalue weighted by Crippen LogP contribution is 2.27. The summed E-state index contributed by atoms with van der Waals surface area (Å²) in [5, 5.41) is 2.87. The van der Waals surface area contributed by atoms with Crippen molar-refractivity contribution in [3.8, 4) is 5.75 Å². The molecule has 1 amide bonds. The van der Waals surface area contributed by atoms with Crippen molar-refractivity contribution in [2.45, 2.75) is 25.5 Å². The number of nitrogens with zero attached hydrogens (tertiary/aromatic N) is 1. The number of ether oxygens (including phenoxy) is 1. The molecule has 0 saturated carbocycles. The summed E-state index contributed by atoms with van der Waals surface area (Å²) in [5.74, 6) is -0.706. The SMILES string of the molecule is CCOc1ccccc1NC(=O)[C@H]1CCCN(S(=O)(=O)Cc2ccc(F)cc2)C1. The minimum absolute atomic E-state index is 0.131. The zero-order chi connectivity index (χ0) is 20.9. The van der Waals surface area contributed by atoms with E-state index in [4.69, 9.17) is 4.74 Å². The third-order valence-electron chi connectivity index (χ3n) is 4.86. The van der Waals surface area contributed by atoms with Gasteiger partial charge in [-0.1, -0.05) is 24.3 Å². The molecule has 0 aliphatic carbocycles. The summed E-state index contributed by atoms with van der Waals surface area (Å²) in [6, 6.07) is 12.6. The van der Waals surface area contributed by atoms with Crippen LogP contribution in [0.4, 0.5) is 10.1 Å². The molecule has 6 nitrogen and oxygen atoms in total. The van der Waals surface area contributed by atoms with E-state index in [-0.39, 0.29) is 18.2 Å². The first-order valence-electron chi connectivity index (χ1n) is 9.64. The number of hydrogen-bond donors (Lipinski definition) is 1. The van der Waals surface area contributed by atoms with Crippen LogP contribution in [0.2, 0.25) is 0 Å². The minimum Gasteiger partial charge on any atom is -0.492 e. The van der Waals surface area contributed by atoms with E-state index in [0.717, 1.165) is 0 Å². The number of para-hydroxylation sites is 2. The molecule has 29 heavy (non-hydrogen) atoms. The van der Waals surface area contributed by atoms with Crippen LogP contribution in [0.1, 0.15) is 25.3 Å². The molecule has 0 bridgehead atoms. The first kappa shape index (κ1) is 21.3. The van der Waals surface area contributed by atoms with Gasteiger partial charge in [-0.2, -0.15) is 0 Å². The number of hydrogen-bond acceptors (Lipinski definition) is 4. The Labute approximate surface area is 170 Å². The first-order chi connectivity index (χ1) is 13.9. The van der Waals surface area contributed by atoms with E-state index in [2.05, 4.69) is 5.32 Å². The highest BCUT2D eigenvalue weighted by molar-refractivity contribution is 7.88. The maximum Gasteiger partial charge on any atom is 0.228 e. The lowest BCUT2D eigenvalue weighted by Crippen LogP contribution is -2.44. The van der Waals surface area contributed by atoms with Crippen molar-refractivity contribution < 1.29 is 22.3 Å². The predicted octanol–water partition coefficient (Wildman–Crippen LogP) is 3.40. The van der Waals surface area contributed by atoms with Crippen molar-refractivity contribution in [3.63, 3.8) is 0 Å². The topological polar surface area (TPSA) is 75.7 Å². The largest absolute Gasteiger partial charge is 0.492 e. The monoisotopic (exact) mass is 420 g/mol. The second-order valence-corrected chi connectivity index (χ2v) is 8.97. The van der Waals surface area contributed by atoms with Crippen LogP contribution in [0, 0.1) is 11.7 Å². The number of amides is 1. The van der Waals surface area contributed by atoms with Gasteiger partial charge in [0.15, 0.2) is 0 Å². The van der Waals surface area contributed by atoms with Gasteiger partial charge in [0, 0.05) is 13.1 Å². The molecule has 1 heterocycles. The molecule has 0 aromatic heterocycles. The molecule has 1 N–H and O–H groups in total. The Morgan fingerprint density at radius 3 is 2.66 bits per heavy atom. The summed E-state index contributed by atoms with van der Waals surface area (Å²) >= 11 is 0. The quantitative estimate of drug-likeness (QED) is 0.745. The molecule has 8 heteroatoms. The molecule has 3 rings (SSSR count). The molecule has 1 fully saturated rings. The third-order valence-corrected chi connectivity index (χ3v) is 6.67. The molecule has 1 aliphatic heterocycles. The van der Waals surface area contributed by atoms with Crippen molar-refractivity contribution >= 4 is 21.6 Å². The Kier molecular flexibility index (Phi) is 6.87. The Morgan fingerprint density at radius 2 is 1.93 bits per heavy atom. The van der Waals surface area contributed by atoms with Crippen LogP contribution < -0.4 is 10.1 Å². The normalized spacial score (nSPS) is 17.7. The molecule has 2 aromatic carbocycles. The highest BCUT2D eigenvalue weighted by Gasteiger charge is 2.32. The molecule has 0 radical (unpaired) electrons. The molecule has 2 aromatic rings. The van der Waals surface area contributed by atoms with E-state index in [1.165, 1.54) is 28.6 Å². The van der Waals surface area contributed by atoms with Crippen molar-refractivity contribution in [2.75, 3.05) is 25.0 Å². The predicted molar refractivity (Wildman–Crippen MR) is 110 cm³/mol. The van der Waals surface area contributed by atoms with E-state index >= 15 is 0 Å². The van der Waals surface area contributed by atoms with E-state index < -0.39 is 21.8 Å². The van der Waals surface area contributed by atoms with E-state index in [0.29, 0.717) is 43.0 Å². The Bertz CT molecular complexity index is 947. The lowest BCUT2D eigenvalue weighted by molar-refractivity contribution is -0.120. The number of halogens is 1. The molecule has 0 unspecified atom stereocenters. The molecular weight excluding hydrogens is 395 g/mol. The second kappa shape index (κ2) is 9.37. The van der Waals surface area contributed by atoms with Gasteiger partial charge in [-0.25, -0.2) is 17.1 Å². The van der Waals surface area contributed by atoms with Crippen molar-refractivity contribution in [2.24, 2.45) is 5.92 Å². The summed E-state index contributed by atoms with van der Waals surface area (Å²) in [5.41, 5.74) is 1.09. The van der Waals surface area contributed by atoms with Crippen LogP contribution in [0.3, 0.4) is 0 Å². The number of nitrogens with one attached hydrogen (secondary N) is 1. The van der Waals surface area contributed by atoms with Crippen molar-refractivity contribution in [1.29, 1.82) is 0 Å². The van der Waals surface area contributed by atoms with Gasteiger partial charge >= 0.3 is 0 Å². The molecule has 1 atom stereocenters. The smallest absolute Gasteiger partial charge is 0.228 e. The molecular formula is C21H25FN2O4S. The number of carbonyl (C=O) groups excluding carboxylic acids is 1. The van der Waals surface area contributed by atoms with Gasteiger partial charge in [-0.15, -0.1) is 0 Å². The number of benzene rings is 2. The number of sulfonamides is 1. The van der Waals surface area contributed by atoms with Crippen molar-refractivity contribution in [1.82, 2.24) is 4.31 Å². The summed E-state index contributed by atoms with van der Waals surface area (Å²) in [6.07, 6.45) is 1.22. The fraction of sp³-hybridized carbons (Fsp3) is 0.381. The van der Waals surface area contributed by atoms with Crippen LogP contribution in [0.15, 0.2) is 48.5 Å². The maximum atomic E-state index is 13.1. The summed E-state index contributed by atoms with van der Waals surface area (Å²) in [7, 11) is -3.60. The van der Waals surface area contributed by atoms with Crippen molar-refractivity contribution in [3.05, 3.63) is 59.9 Å². The average molecular weight is 421 g/mol. The van der Waals surface area contributed by atoms with E-state index in [1.807, 2.05) is 13.0 Å². The first-order valence-corrected chi connectivity index (χ1v) is 11.2. The molecule has 1 saturated heterocycles. The van der Waals surface area contributed by atoms with Crippen LogP contribution >= 0.6 is 0 Å². The fourth-order valence-electron chi connectivity index (χ4n) is 3.38. The third kappa shape index (κ3) is 5.55. The number of carbonyl (C=O) groups is 1. The zero-order valence-corrected chi connectivity index (χ0v) is 17.1. The van der Waals surface area contributed by atoms with Gasteiger partial charge in [0.1, 0.15) is 11.6 Å². The summed E-state index contributed by atoms with van der Waals surface area (Å²) in [6.45, 7) is 2.85. The summed E-state index contributed by atoms with van der Waals surface area (Å²) in [4.78, 5) is 12.8. The highest BCUT2D eigenvalue weighted by atomic mass is 32.2. The van der Waals surface area contributed by atoms with Crippen LogP contribution in [-0.2, 0) is 20.6 Å².